The first-order valence-electron chi connectivity index (χ1n) is 7.83. The Kier molecular flexibility index (Phi) is 4.19. The van der Waals surface area contributed by atoms with Crippen LogP contribution >= 0.6 is 0 Å². The lowest BCUT2D eigenvalue weighted by molar-refractivity contribution is -0.125. The molecule has 3 unspecified atom stereocenters. The van der Waals surface area contributed by atoms with Crippen LogP contribution in [-0.4, -0.2) is 30.3 Å². The highest BCUT2D eigenvalue weighted by molar-refractivity contribution is 5.82. The van der Waals surface area contributed by atoms with Gasteiger partial charge in [-0.15, -0.1) is 0 Å². The van der Waals surface area contributed by atoms with E-state index in [1.54, 1.807) is 19.1 Å². The summed E-state index contributed by atoms with van der Waals surface area (Å²) in [5.74, 6) is -0.290. The Morgan fingerprint density at radius 3 is 2.64 bits per heavy atom. The molecule has 1 aromatic rings. The molecule has 1 aromatic carbocycles. The molecule has 22 heavy (non-hydrogen) atoms. The molecule has 3 atom stereocenters. The van der Waals surface area contributed by atoms with Crippen LogP contribution in [0.4, 0.5) is 4.39 Å². The van der Waals surface area contributed by atoms with Crippen LogP contribution < -0.4 is 5.32 Å². The first-order chi connectivity index (χ1) is 10.5. The number of aliphatic hydroxyl groups is 1. The second-order valence-corrected chi connectivity index (χ2v) is 6.53. The summed E-state index contributed by atoms with van der Waals surface area (Å²) in [6.45, 7) is 3.24. The van der Waals surface area contributed by atoms with Crippen molar-refractivity contribution in [2.24, 2.45) is 11.3 Å². The van der Waals surface area contributed by atoms with Gasteiger partial charge in [0.05, 0.1) is 12.1 Å². The Morgan fingerprint density at radius 2 is 2.00 bits per heavy atom. The summed E-state index contributed by atoms with van der Waals surface area (Å²) >= 11 is 0. The van der Waals surface area contributed by atoms with E-state index in [-0.39, 0.29) is 23.1 Å². The molecule has 1 spiro atoms. The molecule has 1 aliphatic heterocycles. The maximum absolute atomic E-state index is 12.9. The Hall–Kier alpha value is -1.46. The van der Waals surface area contributed by atoms with Gasteiger partial charge in [-0.1, -0.05) is 12.1 Å². The quantitative estimate of drug-likeness (QED) is 0.896. The maximum Gasteiger partial charge on any atom is 0.224 e. The predicted molar refractivity (Wildman–Crippen MR) is 79.6 cm³/mol. The zero-order chi connectivity index (χ0) is 15.7. The van der Waals surface area contributed by atoms with Crippen LogP contribution in [0.3, 0.4) is 0 Å². The number of carbonyl (C=O) groups excluding carboxylic acids is 1. The highest BCUT2D eigenvalue weighted by atomic mass is 19.1. The fourth-order valence-corrected chi connectivity index (χ4v) is 3.40. The topological polar surface area (TPSA) is 58.6 Å². The summed E-state index contributed by atoms with van der Waals surface area (Å²) in [6.07, 6.45) is 1.97. The summed E-state index contributed by atoms with van der Waals surface area (Å²) in [5, 5.41) is 13.2. The van der Waals surface area contributed by atoms with Crippen molar-refractivity contribution in [3.8, 4) is 0 Å². The number of ether oxygens (including phenoxy) is 1. The average Bonchev–Trinajstić information content (AvgIpc) is 3.21. The molecular formula is C17H22FNO3. The van der Waals surface area contributed by atoms with Crippen molar-refractivity contribution >= 4 is 5.91 Å². The smallest absolute Gasteiger partial charge is 0.224 e. The molecule has 0 aromatic heterocycles. The number of rotatable bonds is 4. The molecule has 0 bridgehead atoms. The van der Waals surface area contributed by atoms with Gasteiger partial charge in [0, 0.05) is 19.1 Å². The normalized spacial score (nSPS) is 25.5. The van der Waals surface area contributed by atoms with Crippen molar-refractivity contribution < 1.29 is 19.0 Å². The molecule has 3 rings (SSSR count). The van der Waals surface area contributed by atoms with E-state index in [9.17, 15) is 14.3 Å². The van der Waals surface area contributed by atoms with Gasteiger partial charge in [-0.3, -0.25) is 4.79 Å². The van der Waals surface area contributed by atoms with E-state index >= 15 is 0 Å². The van der Waals surface area contributed by atoms with Crippen LogP contribution in [0.5, 0.6) is 0 Å². The molecule has 1 saturated carbocycles. The van der Waals surface area contributed by atoms with Gasteiger partial charge in [-0.25, -0.2) is 4.39 Å². The van der Waals surface area contributed by atoms with E-state index in [1.807, 2.05) is 0 Å². The van der Waals surface area contributed by atoms with Gasteiger partial charge in [-0.2, -0.15) is 0 Å². The number of hydrogen-bond acceptors (Lipinski definition) is 3. The van der Waals surface area contributed by atoms with Gasteiger partial charge >= 0.3 is 0 Å². The molecule has 5 heteroatoms. The maximum atomic E-state index is 12.9. The zero-order valence-electron chi connectivity index (χ0n) is 12.7. The summed E-state index contributed by atoms with van der Waals surface area (Å²) in [4.78, 5) is 12.4. The molecule has 0 radical (unpaired) electrons. The summed E-state index contributed by atoms with van der Waals surface area (Å²) in [6, 6.07) is 5.30. The van der Waals surface area contributed by atoms with Crippen LogP contribution in [0.15, 0.2) is 24.3 Å². The third-order valence-corrected chi connectivity index (χ3v) is 5.05. The van der Waals surface area contributed by atoms with E-state index in [2.05, 4.69) is 5.32 Å². The number of benzene rings is 1. The molecule has 1 heterocycles. The minimum absolute atomic E-state index is 0.00978. The van der Waals surface area contributed by atoms with Gasteiger partial charge in [-0.05, 0) is 49.3 Å². The fourth-order valence-electron chi connectivity index (χ4n) is 3.40. The number of nitrogens with one attached hydrogen (secondary N) is 1. The van der Waals surface area contributed by atoms with Crippen molar-refractivity contribution in [3.05, 3.63) is 35.6 Å². The standard InChI is InChI=1S/C17H22FNO3/c1-11(15(20)12-2-4-13(18)5-3-12)19-16(21)14-10-17(14)6-8-22-9-7-17/h2-5,11,14-15,20H,6-10H2,1H3,(H,19,21). The van der Waals surface area contributed by atoms with E-state index in [0.29, 0.717) is 5.56 Å². The lowest BCUT2D eigenvalue weighted by Crippen LogP contribution is -2.39. The number of aliphatic hydroxyl groups excluding tert-OH is 1. The van der Waals surface area contributed by atoms with Gasteiger partial charge in [0.1, 0.15) is 5.82 Å². The van der Waals surface area contributed by atoms with Crippen LogP contribution in [0.25, 0.3) is 0 Å². The average molecular weight is 307 g/mol. The largest absolute Gasteiger partial charge is 0.386 e. The highest BCUT2D eigenvalue weighted by Crippen LogP contribution is 2.59. The number of carbonyl (C=O) groups is 1. The summed E-state index contributed by atoms with van der Waals surface area (Å²) in [5.41, 5.74) is 0.730. The molecule has 1 amide bonds. The van der Waals surface area contributed by atoms with Crippen LogP contribution in [0.1, 0.15) is 37.9 Å². The van der Waals surface area contributed by atoms with E-state index in [1.165, 1.54) is 12.1 Å². The van der Waals surface area contributed by atoms with Crippen molar-refractivity contribution in [2.75, 3.05) is 13.2 Å². The minimum atomic E-state index is -0.839. The second-order valence-electron chi connectivity index (χ2n) is 6.53. The Balaban J connectivity index is 1.56. The van der Waals surface area contributed by atoms with E-state index in [0.717, 1.165) is 32.5 Å². The highest BCUT2D eigenvalue weighted by Gasteiger charge is 2.58. The molecule has 4 nitrogen and oxygen atoms in total. The third-order valence-electron chi connectivity index (χ3n) is 5.05. The van der Waals surface area contributed by atoms with Gasteiger partial charge < -0.3 is 15.2 Å². The summed E-state index contributed by atoms with van der Waals surface area (Å²) in [7, 11) is 0. The van der Waals surface area contributed by atoms with E-state index in [4.69, 9.17) is 4.74 Å². The van der Waals surface area contributed by atoms with Crippen LogP contribution in [0, 0.1) is 17.2 Å². The lowest BCUT2D eigenvalue weighted by atomic mass is 9.93. The Bertz CT molecular complexity index is 539. The lowest BCUT2D eigenvalue weighted by Gasteiger charge is -2.24. The van der Waals surface area contributed by atoms with Gasteiger partial charge in [0.2, 0.25) is 5.91 Å². The van der Waals surface area contributed by atoms with Gasteiger partial charge in [0.15, 0.2) is 0 Å². The van der Waals surface area contributed by atoms with Crippen LogP contribution in [-0.2, 0) is 9.53 Å². The molecule has 120 valence electrons. The first-order valence-corrected chi connectivity index (χ1v) is 7.83. The minimum Gasteiger partial charge on any atom is -0.386 e. The Labute approximate surface area is 129 Å². The van der Waals surface area contributed by atoms with Gasteiger partial charge in [0.25, 0.3) is 0 Å². The number of amides is 1. The monoisotopic (exact) mass is 307 g/mol. The molecule has 2 aliphatic rings. The molecule has 1 aliphatic carbocycles. The molecule has 2 N–H and O–H groups in total. The van der Waals surface area contributed by atoms with Crippen LogP contribution in [0.2, 0.25) is 0 Å². The third kappa shape index (κ3) is 3.01. The number of halogens is 1. The molecule has 1 saturated heterocycles. The van der Waals surface area contributed by atoms with E-state index < -0.39 is 12.1 Å². The van der Waals surface area contributed by atoms with Crippen molar-refractivity contribution in [1.29, 1.82) is 0 Å². The summed E-state index contributed by atoms with van der Waals surface area (Å²) < 4.78 is 18.3. The van der Waals surface area contributed by atoms with Crippen molar-refractivity contribution in [2.45, 2.75) is 38.3 Å². The number of hydrogen-bond donors (Lipinski definition) is 2. The second kappa shape index (κ2) is 5.97. The molecule has 2 fully saturated rings. The first kappa shape index (κ1) is 15.4. The fraction of sp³-hybridized carbons (Fsp3) is 0.588. The molecular weight excluding hydrogens is 285 g/mol. The zero-order valence-corrected chi connectivity index (χ0v) is 12.7. The SMILES string of the molecule is CC(NC(=O)C1CC12CCOCC2)C(O)c1ccc(F)cc1. The predicted octanol–water partition coefficient (Wildman–Crippen LogP) is 2.18. The van der Waals surface area contributed by atoms with Crippen molar-refractivity contribution in [3.63, 3.8) is 0 Å². The van der Waals surface area contributed by atoms with Crippen molar-refractivity contribution in [1.82, 2.24) is 5.32 Å². The Morgan fingerprint density at radius 1 is 1.36 bits per heavy atom.